The second-order valence-corrected chi connectivity index (χ2v) is 8.30. The minimum atomic E-state index is -0.425. The molecular formula is C25H29N3O3S. The van der Waals surface area contributed by atoms with Crippen molar-refractivity contribution >= 4 is 34.9 Å². The Hall–Kier alpha value is -3.19. The largest absolute Gasteiger partial charge is 0.459 e. The number of carbonyl (C=O) groups is 2. The van der Waals surface area contributed by atoms with Gasteiger partial charge in [0, 0.05) is 17.9 Å². The van der Waals surface area contributed by atoms with Gasteiger partial charge in [-0.2, -0.15) is 0 Å². The van der Waals surface area contributed by atoms with E-state index in [0.29, 0.717) is 29.3 Å². The molecule has 0 unspecified atom stereocenters. The van der Waals surface area contributed by atoms with E-state index in [-0.39, 0.29) is 18.0 Å². The average Bonchev–Trinajstić information content (AvgIpc) is 2.74. The Balaban J connectivity index is 1.80. The van der Waals surface area contributed by atoms with Gasteiger partial charge in [-0.25, -0.2) is 4.79 Å². The highest BCUT2D eigenvalue weighted by atomic mass is 32.1. The zero-order chi connectivity index (χ0) is 23.3. The molecule has 1 aliphatic rings. The monoisotopic (exact) mass is 451 g/mol. The number of ether oxygens (including phenoxy) is 1. The third-order valence-corrected chi connectivity index (χ3v) is 5.55. The van der Waals surface area contributed by atoms with Crippen LogP contribution in [0.4, 0.5) is 5.69 Å². The first kappa shape index (κ1) is 23.5. The van der Waals surface area contributed by atoms with Crippen LogP contribution >= 0.6 is 12.2 Å². The Bertz CT molecular complexity index is 1020. The molecule has 7 heteroatoms. The maximum absolute atomic E-state index is 12.9. The quantitative estimate of drug-likeness (QED) is 0.482. The highest BCUT2D eigenvalue weighted by Crippen LogP contribution is 2.32. The lowest BCUT2D eigenvalue weighted by Crippen LogP contribution is -2.47. The number of anilines is 1. The van der Waals surface area contributed by atoms with Crippen LogP contribution in [0.15, 0.2) is 65.9 Å². The van der Waals surface area contributed by atoms with Crippen LogP contribution < -0.4 is 10.6 Å². The maximum atomic E-state index is 12.9. The van der Waals surface area contributed by atoms with Crippen molar-refractivity contribution in [3.8, 4) is 0 Å². The minimum absolute atomic E-state index is 0.0866. The molecule has 0 aromatic heterocycles. The summed E-state index contributed by atoms with van der Waals surface area (Å²) in [6.45, 7) is 8.17. The van der Waals surface area contributed by atoms with Crippen LogP contribution in [0.5, 0.6) is 0 Å². The zero-order valence-corrected chi connectivity index (χ0v) is 19.7. The van der Waals surface area contributed by atoms with Crippen LogP contribution in [0, 0.1) is 0 Å². The smallest absolute Gasteiger partial charge is 0.338 e. The Morgan fingerprint density at radius 1 is 1.12 bits per heavy atom. The van der Waals surface area contributed by atoms with Gasteiger partial charge in [-0.15, -0.1) is 0 Å². The van der Waals surface area contributed by atoms with Crippen molar-refractivity contribution in [2.45, 2.75) is 46.3 Å². The van der Waals surface area contributed by atoms with Crippen molar-refractivity contribution in [2.75, 3.05) is 11.9 Å². The van der Waals surface area contributed by atoms with Crippen molar-refractivity contribution in [1.29, 1.82) is 0 Å². The van der Waals surface area contributed by atoms with E-state index in [1.54, 1.807) is 0 Å². The van der Waals surface area contributed by atoms with E-state index >= 15 is 0 Å². The lowest BCUT2D eigenvalue weighted by atomic mass is 9.94. The molecule has 0 spiro atoms. The number of thiocarbonyl (C=S) groups is 1. The Labute approximate surface area is 194 Å². The lowest BCUT2D eigenvalue weighted by Gasteiger charge is -2.37. The number of benzene rings is 2. The van der Waals surface area contributed by atoms with Crippen LogP contribution in [-0.4, -0.2) is 34.5 Å². The molecule has 1 aliphatic heterocycles. The molecule has 0 saturated heterocycles. The fourth-order valence-corrected chi connectivity index (χ4v) is 4.08. The SMILES string of the molecule is CCN1C(=S)N[C@H](c2ccc(NC(=O)Cc3ccccc3)cc2)C(C(=O)OC(C)C)=C1C. The lowest BCUT2D eigenvalue weighted by molar-refractivity contribution is -0.143. The Morgan fingerprint density at radius 3 is 2.38 bits per heavy atom. The van der Waals surface area contributed by atoms with Crippen LogP contribution in [0.3, 0.4) is 0 Å². The van der Waals surface area contributed by atoms with E-state index in [0.717, 1.165) is 16.8 Å². The Kier molecular flexibility index (Phi) is 7.64. The van der Waals surface area contributed by atoms with Gasteiger partial charge in [-0.3, -0.25) is 4.79 Å². The van der Waals surface area contributed by atoms with Gasteiger partial charge >= 0.3 is 5.97 Å². The second kappa shape index (κ2) is 10.4. The fraction of sp³-hybridized carbons (Fsp3) is 0.320. The van der Waals surface area contributed by atoms with Gasteiger partial charge in [0.15, 0.2) is 5.11 Å². The third kappa shape index (κ3) is 5.53. The number of esters is 1. The highest BCUT2D eigenvalue weighted by molar-refractivity contribution is 7.80. The molecule has 1 heterocycles. The van der Waals surface area contributed by atoms with Gasteiger partial charge in [0.05, 0.1) is 24.1 Å². The topological polar surface area (TPSA) is 70.7 Å². The van der Waals surface area contributed by atoms with Gasteiger partial charge in [-0.1, -0.05) is 42.5 Å². The van der Waals surface area contributed by atoms with E-state index in [1.807, 2.05) is 87.2 Å². The molecule has 2 N–H and O–H groups in total. The third-order valence-electron chi connectivity index (χ3n) is 5.21. The number of nitrogens with one attached hydrogen (secondary N) is 2. The summed E-state index contributed by atoms with van der Waals surface area (Å²) < 4.78 is 5.51. The fourth-order valence-electron chi connectivity index (χ4n) is 3.70. The second-order valence-electron chi connectivity index (χ2n) is 7.91. The number of hydrogen-bond acceptors (Lipinski definition) is 4. The molecular weight excluding hydrogens is 422 g/mol. The first-order valence-electron chi connectivity index (χ1n) is 10.7. The van der Waals surface area contributed by atoms with Crippen molar-refractivity contribution < 1.29 is 14.3 Å². The number of carbonyl (C=O) groups excluding carboxylic acids is 2. The summed E-state index contributed by atoms with van der Waals surface area (Å²) in [4.78, 5) is 27.2. The van der Waals surface area contributed by atoms with Gasteiger partial charge in [-0.05, 0) is 63.2 Å². The van der Waals surface area contributed by atoms with Gasteiger partial charge in [0.25, 0.3) is 0 Å². The molecule has 1 amide bonds. The van der Waals surface area contributed by atoms with Crippen molar-refractivity contribution in [3.63, 3.8) is 0 Å². The molecule has 3 rings (SSSR count). The van der Waals surface area contributed by atoms with Crippen LogP contribution in [0.2, 0.25) is 0 Å². The minimum Gasteiger partial charge on any atom is -0.459 e. The maximum Gasteiger partial charge on any atom is 0.338 e. The number of nitrogens with zero attached hydrogens (tertiary/aromatic N) is 1. The molecule has 2 aromatic carbocycles. The summed E-state index contributed by atoms with van der Waals surface area (Å²) in [5.41, 5.74) is 3.83. The summed E-state index contributed by atoms with van der Waals surface area (Å²) in [6.07, 6.45) is 0.0794. The summed E-state index contributed by atoms with van der Waals surface area (Å²) >= 11 is 5.52. The molecule has 0 aliphatic carbocycles. The predicted octanol–water partition coefficient (Wildman–Crippen LogP) is 4.34. The number of rotatable bonds is 7. The molecule has 2 aromatic rings. The van der Waals surface area contributed by atoms with Gasteiger partial charge in [0.1, 0.15) is 0 Å². The Morgan fingerprint density at radius 2 is 1.78 bits per heavy atom. The number of amides is 1. The van der Waals surface area contributed by atoms with E-state index in [4.69, 9.17) is 17.0 Å². The first-order chi connectivity index (χ1) is 15.3. The summed E-state index contributed by atoms with van der Waals surface area (Å²) in [5.74, 6) is -0.451. The number of hydrogen-bond donors (Lipinski definition) is 2. The van der Waals surface area contributed by atoms with Crippen LogP contribution in [0.1, 0.15) is 44.9 Å². The summed E-state index contributed by atoms with van der Waals surface area (Å²) in [6, 6.07) is 16.6. The first-order valence-corrected chi connectivity index (χ1v) is 11.1. The van der Waals surface area contributed by atoms with Crippen LogP contribution in [-0.2, 0) is 20.7 Å². The van der Waals surface area contributed by atoms with Gasteiger partial charge < -0.3 is 20.3 Å². The van der Waals surface area contributed by atoms with E-state index in [1.165, 1.54) is 0 Å². The van der Waals surface area contributed by atoms with Crippen molar-refractivity contribution in [2.24, 2.45) is 0 Å². The van der Waals surface area contributed by atoms with E-state index in [2.05, 4.69) is 10.6 Å². The van der Waals surface area contributed by atoms with E-state index < -0.39 is 6.04 Å². The molecule has 168 valence electrons. The standard InChI is InChI=1S/C25H29N3O3S/c1-5-28-17(4)22(24(30)31-16(2)3)23(27-25(28)32)19-11-13-20(14-12-19)26-21(29)15-18-9-7-6-8-10-18/h6-14,16,23H,5,15H2,1-4H3,(H,26,29)(H,27,32)/t23-/m1/s1. The molecule has 6 nitrogen and oxygen atoms in total. The summed E-state index contributed by atoms with van der Waals surface area (Å²) in [7, 11) is 0. The van der Waals surface area contributed by atoms with Crippen molar-refractivity contribution in [3.05, 3.63) is 77.0 Å². The van der Waals surface area contributed by atoms with Crippen LogP contribution in [0.25, 0.3) is 0 Å². The van der Waals surface area contributed by atoms with Crippen molar-refractivity contribution in [1.82, 2.24) is 10.2 Å². The van der Waals surface area contributed by atoms with Gasteiger partial charge in [0.2, 0.25) is 5.91 Å². The molecule has 1 atom stereocenters. The average molecular weight is 452 g/mol. The normalized spacial score (nSPS) is 16.1. The molecule has 32 heavy (non-hydrogen) atoms. The zero-order valence-electron chi connectivity index (χ0n) is 18.8. The predicted molar refractivity (Wildman–Crippen MR) is 130 cm³/mol. The number of allylic oxidation sites excluding steroid dienone is 1. The molecule has 0 bridgehead atoms. The molecule has 0 saturated carbocycles. The highest BCUT2D eigenvalue weighted by Gasteiger charge is 2.34. The molecule has 0 fully saturated rings. The van der Waals surface area contributed by atoms with E-state index in [9.17, 15) is 9.59 Å². The molecule has 0 radical (unpaired) electrons. The summed E-state index contributed by atoms with van der Waals surface area (Å²) in [5, 5.41) is 6.76.